The van der Waals surface area contributed by atoms with Gasteiger partial charge >= 0.3 is 0 Å². The first-order valence-electron chi connectivity index (χ1n) is 12.3. The molecule has 0 atom stereocenters. The van der Waals surface area contributed by atoms with Crippen LogP contribution in [-0.2, 0) is 6.54 Å². The second kappa shape index (κ2) is 9.32. The Hall–Kier alpha value is -4.83. The number of ether oxygens (including phenoxy) is 1. The van der Waals surface area contributed by atoms with E-state index in [4.69, 9.17) is 10.5 Å². The number of amides is 1. The van der Waals surface area contributed by atoms with Crippen LogP contribution in [0.3, 0.4) is 0 Å². The molecule has 0 fully saturated rings. The van der Waals surface area contributed by atoms with Crippen molar-refractivity contribution in [2.75, 3.05) is 7.11 Å². The Bertz CT molecular complexity index is 1750. The summed E-state index contributed by atoms with van der Waals surface area (Å²) < 4.78 is 7.63. The van der Waals surface area contributed by atoms with Crippen molar-refractivity contribution in [3.63, 3.8) is 0 Å². The number of hydrogen-bond donors (Lipinski definition) is 1. The van der Waals surface area contributed by atoms with Gasteiger partial charge in [-0.1, -0.05) is 84.9 Å². The molecule has 6 rings (SSSR count). The Morgan fingerprint density at radius 3 is 2.22 bits per heavy atom. The summed E-state index contributed by atoms with van der Waals surface area (Å²) in [6, 6.07) is 39.2. The van der Waals surface area contributed by atoms with Crippen molar-refractivity contribution < 1.29 is 9.53 Å². The second-order valence-electron chi connectivity index (χ2n) is 9.13. The SMILES string of the molecule is COc1ccc(-c2ccc3c4c(C(N)=O)cccc4n(Cc4ccccc4-c4ccccc4)c3c2)cc1. The zero-order valence-electron chi connectivity index (χ0n) is 20.5. The van der Waals surface area contributed by atoms with E-state index in [1.807, 2.05) is 30.3 Å². The van der Waals surface area contributed by atoms with Gasteiger partial charge in [0.05, 0.1) is 18.1 Å². The van der Waals surface area contributed by atoms with Gasteiger partial charge in [-0.25, -0.2) is 0 Å². The van der Waals surface area contributed by atoms with Crippen LogP contribution in [0, 0.1) is 0 Å². The van der Waals surface area contributed by atoms with Crippen LogP contribution in [0.1, 0.15) is 15.9 Å². The van der Waals surface area contributed by atoms with Crippen LogP contribution < -0.4 is 10.5 Å². The molecule has 6 aromatic rings. The van der Waals surface area contributed by atoms with Gasteiger partial charge in [0, 0.05) is 22.9 Å². The first kappa shape index (κ1) is 22.6. The third-order valence-electron chi connectivity index (χ3n) is 7.01. The van der Waals surface area contributed by atoms with Gasteiger partial charge in [0.1, 0.15) is 5.75 Å². The topological polar surface area (TPSA) is 57.2 Å². The fraction of sp³-hybridized carbons (Fsp3) is 0.0606. The molecule has 1 amide bonds. The lowest BCUT2D eigenvalue weighted by Crippen LogP contribution is -2.11. The van der Waals surface area contributed by atoms with Crippen LogP contribution in [0.15, 0.2) is 115 Å². The number of carbonyl (C=O) groups excluding carboxylic acids is 1. The lowest BCUT2D eigenvalue weighted by atomic mass is 9.99. The van der Waals surface area contributed by atoms with Crippen LogP contribution in [0.4, 0.5) is 0 Å². The van der Waals surface area contributed by atoms with Gasteiger partial charge in [-0.15, -0.1) is 0 Å². The lowest BCUT2D eigenvalue weighted by molar-refractivity contribution is 0.100. The molecule has 0 aliphatic carbocycles. The molecular weight excluding hydrogens is 456 g/mol. The van der Waals surface area contributed by atoms with Crippen molar-refractivity contribution in [2.24, 2.45) is 5.73 Å². The molecule has 1 aromatic heterocycles. The molecule has 5 aromatic carbocycles. The predicted octanol–water partition coefficient (Wildman–Crippen LogP) is 7.28. The molecule has 0 aliphatic rings. The minimum Gasteiger partial charge on any atom is -0.497 e. The maximum absolute atomic E-state index is 12.4. The van der Waals surface area contributed by atoms with E-state index >= 15 is 0 Å². The number of nitrogens with two attached hydrogens (primary N) is 1. The number of carbonyl (C=O) groups is 1. The Kier molecular flexibility index (Phi) is 5.70. The van der Waals surface area contributed by atoms with Gasteiger partial charge in [0.2, 0.25) is 5.91 Å². The molecule has 37 heavy (non-hydrogen) atoms. The van der Waals surface area contributed by atoms with Crippen molar-refractivity contribution in [1.29, 1.82) is 0 Å². The van der Waals surface area contributed by atoms with E-state index in [1.54, 1.807) is 7.11 Å². The van der Waals surface area contributed by atoms with Gasteiger partial charge < -0.3 is 15.0 Å². The molecule has 2 N–H and O–H groups in total. The van der Waals surface area contributed by atoms with Crippen LogP contribution in [0.25, 0.3) is 44.1 Å². The standard InChI is InChI=1S/C33H26N2O2/c1-37-26-17-14-22(15-18-26)24-16-19-28-31(20-24)35(30-13-7-12-29(32(28)30)33(34)36)21-25-10-5-6-11-27(25)23-8-3-2-4-9-23/h2-20H,21H2,1H3,(H2,34,36). The van der Waals surface area contributed by atoms with Gasteiger partial charge in [-0.3, -0.25) is 4.79 Å². The summed E-state index contributed by atoms with van der Waals surface area (Å²) in [5, 5.41) is 1.90. The molecular formula is C33H26N2O2. The first-order chi connectivity index (χ1) is 18.1. The van der Waals surface area contributed by atoms with E-state index < -0.39 is 5.91 Å². The van der Waals surface area contributed by atoms with E-state index in [9.17, 15) is 4.79 Å². The predicted molar refractivity (Wildman–Crippen MR) is 151 cm³/mol. The van der Waals surface area contributed by atoms with Crippen molar-refractivity contribution >= 4 is 27.7 Å². The zero-order chi connectivity index (χ0) is 25.4. The molecule has 4 heteroatoms. The fourth-order valence-corrected chi connectivity index (χ4v) is 5.21. The largest absolute Gasteiger partial charge is 0.497 e. The van der Waals surface area contributed by atoms with Gasteiger partial charge in [-0.2, -0.15) is 0 Å². The number of rotatable bonds is 6. The quantitative estimate of drug-likeness (QED) is 0.271. The van der Waals surface area contributed by atoms with E-state index in [-0.39, 0.29) is 0 Å². The van der Waals surface area contributed by atoms with E-state index in [1.165, 1.54) is 16.7 Å². The second-order valence-corrected chi connectivity index (χ2v) is 9.13. The van der Waals surface area contributed by atoms with Crippen LogP contribution in [0.5, 0.6) is 5.75 Å². The van der Waals surface area contributed by atoms with E-state index in [2.05, 4.69) is 89.5 Å². The average molecular weight is 483 g/mol. The Morgan fingerprint density at radius 1 is 0.730 bits per heavy atom. The normalized spacial score (nSPS) is 11.2. The number of aromatic nitrogens is 1. The molecule has 1 heterocycles. The van der Waals surface area contributed by atoms with E-state index in [0.29, 0.717) is 12.1 Å². The van der Waals surface area contributed by atoms with Crippen LogP contribution in [-0.4, -0.2) is 17.6 Å². The van der Waals surface area contributed by atoms with Crippen molar-refractivity contribution in [3.05, 3.63) is 126 Å². The molecule has 0 saturated carbocycles. The smallest absolute Gasteiger partial charge is 0.249 e. The first-order valence-corrected chi connectivity index (χ1v) is 12.3. The van der Waals surface area contributed by atoms with Crippen molar-refractivity contribution in [2.45, 2.75) is 6.54 Å². The molecule has 4 nitrogen and oxygen atoms in total. The number of nitrogens with zero attached hydrogens (tertiary/aromatic N) is 1. The highest BCUT2D eigenvalue weighted by molar-refractivity contribution is 6.18. The summed E-state index contributed by atoms with van der Waals surface area (Å²) in [4.78, 5) is 12.4. The molecule has 0 aliphatic heterocycles. The zero-order valence-corrected chi connectivity index (χ0v) is 20.5. The number of primary amides is 1. The molecule has 0 saturated heterocycles. The highest BCUT2D eigenvalue weighted by Gasteiger charge is 2.18. The maximum Gasteiger partial charge on any atom is 0.249 e. The Balaban J connectivity index is 1.59. The minimum atomic E-state index is -0.423. The number of methoxy groups -OCH3 is 1. The van der Waals surface area contributed by atoms with Gasteiger partial charge in [0.15, 0.2) is 0 Å². The molecule has 0 unspecified atom stereocenters. The number of hydrogen-bond acceptors (Lipinski definition) is 2. The number of benzene rings is 5. The van der Waals surface area contributed by atoms with Gasteiger partial charge in [0.25, 0.3) is 0 Å². The lowest BCUT2D eigenvalue weighted by Gasteiger charge is -2.14. The third kappa shape index (κ3) is 4.03. The Morgan fingerprint density at radius 2 is 1.46 bits per heavy atom. The summed E-state index contributed by atoms with van der Waals surface area (Å²) in [6.07, 6.45) is 0. The number of fused-ring (bicyclic) bond motifs is 3. The summed E-state index contributed by atoms with van der Waals surface area (Å²) >= 11 is 0. The molecule has 180 valence electrons. The van der Waals surface area contributed by atoms with Crippen LogP contribution in [0.2, 0.25) is 0 Å². The molecule has 0 radical (unpaired) electrons. The monoisotopic (exact) mass is 482 g/mol. The minimum absolute atomic E-state index is 0.423. The van der Waals surface area contributed by atoms with E-state index in [0.717, 1.165) is 38.7 Å². The van der Waals surface area contributed by atoms with Crippen molar-refractivity contribution in [1.82, 2.24) is 4.57 Å². The highest BCUT2D eigenvalue weighted by atomic mass is 16.5. The Labute approximate surface area is 215 Å². The third-order valence-corrected chi connectivity index (χ3v) is 7.01. The molecule has 0 bridgehead atoms. The van der Waals surface area contributed by atoms with Gasteiger partial charge in [-0.05, 0) is 58.1 Å². The maximum atomic E-state index is 12.4. The average Bonchev–Trinajstić information content (AvgIpc) is 3.26. The fourth-order valence-electron chi connectivity index (χ4n) is 5.21. The molecule has 0 spiro atoms. The van der Waals surface area contributed by atoms with Crippen LogP contribution >= 0.6 is 0 Å². The van der Waals surface area contributed by atoms with Crippen molar-refractivity contribution in [3.8, 4) is 28.0 Å². The summed E-state index contributed by atoms with van der Waals surface area (Å²) in [5.41, 5.74) is 14.2. The highest BCUT2D eigenvalue weighted by Crippen LogP contribution is 2.36. The summed E-state index contributed by atoms with van der Waals surface area (Å²) in [7, 11) is 1.67. The summed E-state index contributed by atoms with van der Waals surface area (Å²) in [6.45, 7) is 0.652. The summed E-state index contributed by atoms with van der Waals surface area (Å²) in [5.74, 6) is 0.399.